The minimum Gasteiger partial charge on any atom is -0.481 e. The number of ether oxygens (including phenoxy) is 1. The molecule has 0 fully saturated rings. The lowest BCUT2D eigenvalue weighted by Crippen LogP contribution is -1.90. The Morgan fingerprint density at radius 2 is 2.20 bits per heavy atom. The lowest BCUT2D eigenvalue weighted by Gasteiger charge is -1.98. The van der Waals surface area contributed by atoms with Gasteiger partial charge < -0.3 is 4.74 Å². The average molecular weight is 221 g/mol. The number of hydrogen-bond donors (Lipinski definition) is 0. The molecule has 0 radical (unpaired) electrons. The van der Waals surface area contributed by atoms with Crippen molar-refractivity contribution >= 4 is 11.3 Å². The second-order valence-corrected chi connectivity index (χ2v) is 4.05. The van der Waals surface area contributed by atoms with Gasteiger partial charge in [0.1, 0.15) is 17.0 Å². The van der Waals surface area contributed by atoms with Crippen LogP contribution in [0.4, 0.5) is 0 Å². The first-order valence-electron chi connectivity index (χ1n) is 4.64. The third-order valence-electron chi connectivity index (χ3n) is 1.97. The Balaban J connectivity index is 2.35. The number of methoxy groups -OCH3 is 1. The van der Waals surface area contributed by atoms with E-state index in [0.29, 0.717) is 5.88 Å². The second kappa shape index (κ2) is 4.35. The third-order valence-corrected chi connectivity index (χ3v) is 3.14. The fraction of sp³-hybridized carbons (Fsp3) is 0.300. The number of rotatable bonds is 3. The molecule has 0 aliphatic heterocycles. The van der Waals surface area contributed by atoms with Crippen molar-refractivity contribution in [2.75, 3.05) is 7.11 Å². The van der Waals surface area contributed by atoms with Gasteiger partial charge in [-0.3, -0.25) is 0 Å². The van der Waals surface area contributed by atoms with Gasteiger partial charge in [-0.15, -0.1) is 11.3 Å². The highest BCUT2D eigenvalue weighted by Gasteiger charge is 2.06. The molecule has 0 aliphatic carbocycles. The number of hydrogen-bond acceptors (Lipinski definition) is 5. The molecule has 2 heterocycles. The molecular weight excluding hydrogens is 210 g/mol. The van der Waals surface area contributed by atoms with Gasteiger partial charge in [-0.05, 0) is 6.42 Å². The monoisotopic (exact) mass is 221 g/mol. The maximum Gasteiger partial charge on any atom is 0.216 e. The molecule has 0 aliphatic rings. The van der Waals surface area contributed by atoms with Crippen LogP contribution in [0.1, 0.15) is 11.8 Å². The summed E-state index contributed by atoms with van der Waals surface area (Å²) in [6.07, 6.45) is 4.37. The van der Waals surface area contributed by atoms with Crippen LogP contribution in [-0.2, 0) is 6.42 Å². The average Bonchev–Trinajstić information content (AvgIpc) is 2.78. The quantitative estimate of drug-likeness (QED) is 0.797. The van der Waals surface area contributed by atoms with Gasteiger partial charge in [-0.2, -0.15) is 0 Å². The van der Waals surface area contributed by atoms with Gasteiger partial charge in [-0.25, -0.2) is 15.0 Å². The lowest BCUT2D eigenvalue weighted by atomic mass is 10.4. The molecule has 5 heteroatoms. The maximum absolute atomic E-state index is 5.04. The van der Waals surface area contributed by atoms with Crippen molar-refractivity contribution in [3.63, 3.8) is 0 Å². The van der Waals surface area contributed by atoms with Gasteiger partial charge in [0, 0.05) is 17.1 Å². The van der Waals surface area contributed by atoms with Gasteiger partial charge >= 0.3 is 0 Å². The van der Waals surface area contributed by atoms with Gasteiger partial charge in [0.15, 0.2) is 0 Å². The van der Waals surface area contributed by atoms with Gasteiger partial charge in [0.25, 0.3) is 0 Å². The van der Waals surface area contributed by atoms with E-state index in [-0.39, 0.29) is 0 Å². The van der Waals surface area contributed by atoms with E-state index in [9.17, 15) is 0 Å². The largest absolute Gasteiger partial charge is 0.481 e. The van der Waals surface area contributed by atoms with Gasteiger partial charge in [0.2, 0.25) is 5.88 Å². The van der Waals surface area contributed by atoms with E-state index in [1.165, 1.54) is 11.2 Å². The predicted molar refractivity (Wildman–Crippen MR) is 59.1 cm³/mol. The SMILES string of the molecule is CCc1cnc(-c2cc(OC)ncn2)s1. The van der Waals surface area contributed by atoms with E-state index in [1.54, 1.807) is 24.5 Å². The summed E-state index contributed by atoms with van der Waals surface area (Å²) < 4.78 is 5.04. The molecule has 0 aromatic carbocycles. The Morgan fingerprint density at radius 3 is 2.87 bits per heavy atom. The Bertz CT molecular complexity index is 455. The summed E-state index contributed by atoms with van der Waals surface area (Å²) in [5, 5.41) is 0.910. The fourth-order valence-electron chi connectivity index (χ4n) is 1.16. The summed E-state index contributed by atoms with van der Waals surface area (Å²) in [6, 6.07) is 1.79. The highest BCUT2D eigenvalue weighted by Crippen LogP contribution is 2.24. The van der Waals surface area contributed by atoms with Crippen LogP contribution in [0.2, 0.25) is 0 Å². The Morgan fingerprint density at radius 1 is 1.33 bits per heavy atom. The summed E-state index contributed by atoms with van der Waals surface area (Å²) >= 11 is 1.65. The molecule has 0 unspecified atom stereocenters. The zero-order valence-electron chi connectivity index (χ0n) is 8.60. The number of aromatic nitrogens is 3. The molecule has 15 heavy (non-hydrogen) atoms. The summed E-state index contributed by atoms with van der Waals surface area (Å²) in [4.78, 5) is 13.7. The van der Waals surface area contributed by atoms with E-state index < -0.39 is 0 Å². The minimum atomic E-state index is 0.563. The van der Waals surface area contributed by atoms with Crippen molar-refractivity contribution in [1.82, 2.24) is 15.0 Å². The molecule has 2 aromatic rings. The van der Waals surface area contributed by atoms with E-state index >= 15 is 0 Å². The summed E-state index contributed by atoms with van der Waals surface area (Å²) in [5.74, 6) is 0.563. The number of nitrogens with zero attached hydrogens (tertiary/aromatic N) is 3. The zero-order chi connectivity index (χ0) is 10.7. The van der Waals surface area contributed by atoms with Crippen LogP contribution in [0.5, 0.6) is 5.88 Å². The minimum absolute atomic E-state index is 0.563. The van der Waals surface area contributed by atoms with Crippen molar-refractivity contribution in [2.45, 2.75) is 13.3 Å². The molecular formula is C10H11N3OS. The molecule has 0 amide bonds. The van der Waals surface area contributed by atoms with Crippen LogP contribution in [0.15, 0.2) is 18.6 Å². The first-order chi connectivity index (χ1) is 7.33. The first-order valence-corrected chi connectivity index (χ1v) is 5.46. The third kappa shape index (κ3) is 2.12. The summed E-state index contributed by atoms with van der Waals surface area (Å²) in [6.45, 7) is 2.11. The smallest absolute Gasteiger partial charge is 0.216 e. The highest BCUT2D eigenvalue weighted by atomic mass is 32.1. The molecule has 0 saturated carbocycles. The van der Waals surface area contributed by atoms with Crippen LogP contribution >= 0.6 is 11.3 Å². The van der Waals surface area contributed by atoms with E-state index in [4.69, 9.17) is 4.74 Å². The molecule has 0 spiro atoms. The first kappa shape index (κ1) is 10.0. The van der Waals surface area contributed by atoms with Crippen LogP contribution in [0, 0.1) is 0 Å². The Labute approximate surface area is 92.0 Å². The predicted octanol–water partition coefficient (Wildman–Crippen LogP) is 2.17. The number of aryl methyl sites for hydroxylation is 1. The lowest BCUT2D eigenvalue weighted by molar-refractivity contribution is 0.397. The normalized spacial score (nSPS) is 10.3. The van der Waals surface area contributed by atoms with E-state index in [1.807, 2.05) is 6.20 Å². The van der Waals surface area contributed by atoms with Crippen LogP contribution in [-0.4, -0.2) is 22.1 Å². The Hall–Kier alpha value is -1.49. The molecule has 2 rings (SSSR count). The van der Waals surface area contributed by atoms with Crippen LogP contribution in [0.3, 0.4) is 0 Å². The summed E-state index contributed by atoms with van der Waals surface area (Å²) in [5.41, 5.74) is 0.812. The standard InChI is InChI=1S/C10H11N3OS/c1-3-7-5-11-10(15-7)8-4-9(14-2)13-6-12-8/h4-6H,3H2,1-2H3. The summed E-state index contributed by atoms with van der Waals surface area (Å²) in [7, 11) is 1.59. The van der Waals surface area contributed by atoms with Crippen molar-refractivity contribution in [3.8, 4) is 16.6 Å². The fourth-order valence-corrected chi connectivity index (χ4v) is 1.98. The van der Waals surface area contributed by atoms with Crippen molar-refractivity contribution in [1.29, 1.82) is 0 Å². The molecule has 2 aromatic heterocycles. The number of thiazole rings is 1. The topological polar surface area (TPSA) is 47.9 Å². The molecule has 0 saturated heterocycles. The maximum atomic E-state index is 5.04. The second-order valence-electron chi connectivity index (χ2n) is 2.93. The van der Waals surface area contributed by atoms with E-state index in [2.05, 4.69) is 21.9 Å². The molecule has 78 valence electrons. The molecule has 0 N–H and O–H groups in total. The van der Waals surface area contributed by atoms with Gasteiger partial charge in [0.05, 0.1) is 7.11 Å². The Kier molecular flexibility index (Phi) is 2.91. The van der Waals surface area contributed by atoms with E-state index in [0.717, 1.165) is 17.1 Å². The van der Waals surface area contributed by atoms with Crippen LogP contribution < -0.4 is 4.74 Å². The van der Waals surface area contributed by atoms with Crippen molar-refractivity contribution in [3.05, 3.63) is 23.5 Å². The van der Waals surface area contributed by atoms with Crippen molar-refractivity contribution in [2.24, 2.45) is 0 Å². The zero-order valence-corrected chi connectivity index (χ0v) is 9.41. The van der Waals surface area contributed by atoms with Crippen LogP contribution in [0.25, 0.3) is 10.7 Å². The molecule has 4 nitrogen and oxygen atoms in total. The molecule has 0 atom stereocenters. The van der Waals surface area contributed by atoms with Gasteiger partial charge in [-0.1, -0.05) is 6.92 Å². The molecule has 0 bridgehead atoms. The van der Waals surface area contributed by atoms with Crippen molar-refractivity contribution < 1.29 is 4.74 Å². The highest BCUT2D eigenvalue weighted by molar-refractivity contribution is 7.14.